The van der Waals surface area contributed by atoms with Gasteiger partial charge in [0.15, 0.2) is 5.69 Å². The van der Waals surface area contributed by atoms with Gasteiger partial charge in [-0.15, -0.1) is 0 Å². The fourth-order valence-electron chi connectivity index (χ4n) is 3.24. The molecule has 0 unspecified atom stereocenters. The molecule has 0 atom stereocenters. The van der Waals surface area contributed by atoms with Crippen molar-refractivity contribution in [3.8, 4) is 17.3 Å². The zero-order chi connectivity index (χ0) is 16.0. The highest BCUT2D eigenvalue weighted by Gasteiger charge is 2.20. The number of rotatable bonds is 3. The molecule has 1 aliphatic carbocycles. The molecule has 0 saturated carbocycles. The summed E-state index contributed by atoms with van der Waals surface area (Å²) < 4.78 is 1.71. The largest absolute Gasteiger partial charge is 0.216 e. The van der Waals surface area contributed by atoms with Crippen LogP contribution in [0.5, 0.6) is 0 Å². The Kier molecular flexibility index (Phi) is 3.42. The molecule has 0 N–H and O–H groups in total. The molecule has 4 nitrogen and oxygen atoms in total. The summed E-state index contributed by atoms with van der Waals surface area (Å²) in [5.74, 6) is 0.549. The van der Waals surface area contributed by atoms with Crippen LogP contribution < -0.4 is 0 Å². The fraction of sp³-hybridized carbons (Fsp3) is 0.389. The van der Waals surface area contributed by atoms with E-state index in [2.05, 4.69) is 43.2 Å². The maximum absolute atomic E-state index is 9.61. The van der Waals surface area contributed by atoms with Crippen molar-refractivity contribution in [2.24, 2.45) is 5.92 Å². The van der Waals surface area contributed by atoms with Crippen LogP contribution in [0.25, 0.3) is 16.2 Å². The van der Waals surface area contributed by atoms with Gasteiger partial charge in [-0.05, 0) is 42.4 Å². The molecule has 2 aromatic heterocycles. The average Bonchev–Trinajstić information content (AvgIpc) is 3.18. The normalized spacial score (nSPS) is 13.7. The van der Waals surface area contributed by atoms with Crippen molar-refractivity contribution in [1.82, 2.24) is 14.6 Å². The van der Waals surface area contributed by atoms with E-state index < -0.39 is 0 Å². The quantitative estimate of drug-likeness (QED) is 0.732. The van der Waals surface area contributed by atoms with Crippen LogP contribution in [-0.4, -0.2) is 14.6 Å². The molecule has 0 radical (unpaired) electrons. The number of fused-ring (bicyclic) bond motifs is 2. The number of aromatic nitrogens is 3. The third-order valence-electron chi connectivity index (χ3n) is 4.31. The van der Waals surface area contributed by atoms with Crippen LogP contribution in [0.2, 0.25) is 0 Å². The second kappa shape index (κ2) is 5.47. The molecule has 0 bridgehead atoms. The summed E-state index contributed by atoms with van der Waals surface area (Å²) in [4.78, 5) is 5.52. The summed E-state index contributed by atoms with van der Waals surface area (Å²) in [5, 5.41) is 15.2. The van der Waals surface area contributed by atoms with Gasteiger partial charge in [-0.3, -0.25) is 0 Å². The molecule has 3 aromatic rings. The molecular weight excluding hydrogens is 304 g/mol. The third kappa shape index (κ3) is 2.43. The highest BCUT2D eigenvalue weighted by Crippen LogP contribution is 2.31. The second-order valence-electron chi connectivity index (χ2n) is 6.55. The van der Waals surface area contributed by atoms with Crippen LogP contribution in [-0.2, 0) is 19.3 Å². The van der Waals surface area contributed by atoms with Crippen LogP contribution in [0.1, 0.15) is 42.1 Å². The molecule has 4 rings (SSSR count). The monoisotopic (exact) mass is 322 g/mol. The highest BCUT2D eigenvalue weighted by atomic mass is 32.1. The first kappa shape index (κ1) is 14.4. The number of hydrogen-bond donors (Lipinski definition) is 0. The summed E-state index contributed by atoms with van der Waals surface area (Å²) in [5.41, 5.74) is 5.17. The standard InChI is InChI=1S/C18H18N4S/c1-11(2)8-16-21-22-15(10-19)17(20-18(22)23-16)14-7-6-12-4-3-5-13(12)9-14/h6-7,9,11H,3-5,8H2,1-2H3. The summed E-state index contributed by atoms with van der Waals surface area (Å²) in [6, 6.07) is 8.77. The van der Waals surface area contributed by atoms with Crippen LogP contribution in [0.4, 0.5) is 0 Å². The Bertz CT molecular complexity index is 927. The zero-order valence-electron chi connectivity index (χ0n) is 13.3. The Hall–Kier alpha value is -2.19. The van der Waals surface area contributed by atoms with Crippen molar-refractivity contribution >= 4 is 16.3 Å². The molecule has 0 saturated heterocycles. The predicted molar refractivity (Wildman–Crippen MR) is 91.6 cm³/mol. The van der Waals surface area contributed by atoms with Crippen LogP contribution in [0.15, 0.2) is 18.2 Å². The first-order valence-corrected chi connectivity index (χ1v) is 8.88. The SMILES string of the molecule is CC(C)Cc1nn2c(C#N)c(-c3ccc4c(c3)CCC4)nc2s1. The minimum absolute atomic E-state index is 0.546. The molecule has 5 heteroatoms. The van der Waals surface area contributed by atoms with Gasteiger partial charge in [-0.1, -0.05) is 37.3 Å². The lowest BCUT2D eigenvalue weighted by atomic mass is 10.0. The smallest absolute Gasteiger partial charge is 0.214 e. The number of imidazole rings is 1. The minimum Gasteiger partial charge on any atom is -0.216 e. The lowest BCUT2D eigenvalue weighted by Gasteiger charge is -2.03. The van der Waals surface area contributed by atoms with Crippen molar-refractivity contribution in [1.29, 1.82) is 5.26 Å². The molecule has 23 heavy (non-hydrogen) atoms. The van der Waals surface area contributed by atoms with Crippen LogP contribution in [0.3, 0.4) is 0 Å². The number of nitriles is 1. The number of nitrogens with zero attached hydrogens (tertiary/aromatic N) is 4. The number of aryl methyl sites for hydroxylation is 2. The Morgan fingerprint density at radius 1 is 1.30 bits per heavy atom. The van der Waals surface area contributed by atoms with E-state index in [0.717, 1.165) is 34.1 Å². The van der Waals surface area contributed by atoms with Gasteiger partial charge in [0.2, 0.25) is 4.96 Å². The van der Waals surface area contributed by atoms with Gasteiger partial charge in [0.05, 0.1) is 0 Å². The molecule has 0 aliphatic heterocycles. The second-order valence-corrected chi connectivity index (χ2v) is 7.59. The lowest BCUT2D eigenvalue weighted by Crippen LogP contribution is -1.96. The van der Waals surface area contributed by atoms with Crippen LogP contribution >= 0.6 is 11.3 Å². The summed E-state index contributed by atoms with van der Waals surface area (Å²) in [6.45, 7) is 4.34. The van der Waals surface area contributed by atoms with Gasteiger partial charge < -0.3 is 0 Å². The van der Waals surface area contributed by atoms with E-state index in [4.69, 9.17) is 4.98 Å². The third-order valence-corrected chi connectivity index (χ3v) is 5.24. The number of hydrogen-bond acceptors (Lipinski definition) is 4. The van der Waals surface area contributed by atoms with E-state index in [1.165, 1.54) is 24.0 Å². The molecule has 0 spiro atoms. The van der Waals surface area contributed by atoms with E-state index in [1.54, 1.807) is 15.9 Å². The van der Waals surface area contributed by atoms with E-state index in [0.29, 0.717) is 11.6 Å². The predicted octanol–water partition coefficient (Wildman–Crippen LogP) is 4.02. The van der Waals surface area contributed by atoms with Crippen molar-refractivity contribution < 1.29 is 0 Å². The van der Waals surface area contributed by atoms with Crippen LogP contribution in [0, 0.1) is 17.2 Å². The van der Waals surface area contributed by atoms with Gasteiger partial charge >= 0.3 is 0 Å². The van der Waals surface area contributed by atoms with Gasteiger partial charge in [0, 0.05) is 12.0 Å². The molecule has 2 heterocycles. The fourth-order valence-corrected chi connectivity index (χ4v) is 4.35. The maximum Gasteiger partial charge on any atom is 0.214 e. The average molecular weight is 322 g/mol. The minimum atomic E-state index is 0.546. The Morgan fingerprint density at radius 3 is 2.91 bits per heavy atom. The van der Waals surface area contributed by atoms with E-state index in [1.807, 2.05) is 0 Å². The first-order valence-electron chi connectivity index (χ1n) is 8.06. The van der Waals surface area contributed by atoms with Crippen molar-refractivity contribution in [2.45, 2.75) is 39.5 Å². The molecule has 1 aliphatic rings. The Labute approximate surface area is 139 Å². The Morgan fingerprint density at radius 2 is 2.13 bits per heavy atom. The molecule has 116 valence electrons. The molecule has 0 amide bonds. The molecular formula is C18H18N4S. The first-order chi connectivity index (χ1) is 11.2. The number of benzene rings is 1. The van der Waals surface area contributed by atoms with Gasteiger partial charge in [-0.25, -0.2) is 4.98 Å². The van der Waals surface area contributed by atoms with Crippen molar-refractivity contribution in [3.05, 3.63) is 40.0 Å². The van der Waals surface area contributed by atoms with Gasteiger partial charge in [0.25, 0.3) is 0 Å². The van der Waals surface area contributed by atoms with Crippen molar-refractivity contribution in [2.75, 3.05) is 0 Å². The van der Waals surface area contributed by atoms with Crippen molar-refractivity contribution in [3.63, 3.8) is 0 Å². The topological polar surface area (TPSA) is 54.0 Å². The summed E-state index contributed by atoms with van der Waals surface area (Å²) in [6.07, 6.45) is 4.44. The summed E-state index contributed by atoms with van der Waals surface area (Å²) in [7, 11) is 0. The molecule has 1 aromatic carbocycles. The Balaban J connectivity index is 1.81. The van der Waals surface area contributed by atoms with Gasteiger partial charge in [-0.2, -0.15) is 14.9 Å². The van der Waals surface area contributed by atoms with E-state index >= 15 is 0 Å². The summed E-state index contributed by atoms with van der Waals surface area (Å²) >= 11 is 1.59. The maximum atomic E-state index is 9.61. The van der Waals surface area contributed by atoms with E-state index in [9.17, 15) is 5.26 Å². The zero-order valence-corrected chi connectivity index (χ0v) is 14.2. The molecule has 0 fully saturated rings. The highest BCUT2D eigenvalue weighted by molar-refractivity contribution is 7.16. The lowest BCUT2D eigenvalue weighted by molar-refractivity contribution is 0.636. The van der Waals surface area contributed by atoms with E-state index in [-0.39, 0.29) is 0 Å². The van der Waals surface area contributed by atoms with Gasteiger partial charge in [0.1, 0.15) is 16.8 Å².